The minimum atomic E-state index is -0.470. The van der Waals surface area contributed by atoms with Crippen LogP contribution in [0.4, 0.5) is 21.5 Å². The van der Waals surface area contributed by atoms with E-state index in [1.54, 1.807) is 23.1 Å². The summed E-state index contributed by atoms with van der Waals surface area (Å²) in [7, 11) is 0. The van der Waals surface area contributed by atoms with Crippen LogP contribution in [0.15, 0.2) is 42.5 Å². The van der Waals surface area contributed by atoms with E-state index in [1.807, 2.05) is 6.92 Å². The van der Waals surface area contributed by atoms with Crippen LogP contribution in [0.5, 0.6) is 0 Å². The number of halogens is 1. The quantitative estimate of drug-likeness (QED) is 0.520. The predicted octanol–water partition coefficient (Wildman–Crippen LogP) is 3.34. The second-order valence-corrected chi connectivity index (χ2v) is 4.61. The molecule has 0 radical (unpaired) electrons. The molecule has 0 saturated carbocycles. The third-order valence-corrected chi connectivity index (χ3v) is 3.27. The van der Waals surface area contributed by atoms with E-state index < -0.39 is 4.92 Å². The number of benzene rings is 2. The number of nitrogens with two attached hydrogens (primary N) is 1. The first kappa shape index (κ1) is 14.8. The van der Waals surface area contributed by atoms with Gasteiger partial charge in [-0.05, 0) is 25.1 Å². The largest absolute Gasteiger partial charge is 0.398 e. The maximum atomic E-state index is 13.9. The first-order chi connectivity index (χ1) is 10.0. The van der Waals surface area contributed by atoms with Crippen molar-refractivity contribution in [2.24, 2.45) is 0 Å². The molecule has 0 saturated heterocycles. The Morgan fingerprint density at radius 2 is 2.00 bits per heavy atom. The third kappa shape index (κ3) is 3.28. The Morgan fingerprint density at radius 3 is 2.62 bits per heavy atom. The molecule has 0 aliphatic heterocycles. The number of nitro benzene ring substituents is 1. The van der Waals surface area contributed by atoms with Gasteiger partial charge in [0.2, 0.25) is 0 Å². The van der Waals surface area contributed by atoms with Crippen molar-refractivity contribution < 1.29 is 9.31 Å². The number of nitrogens with zero attached hydrogens (tertiary/aromatic N) is 2. The fourth-order valence-electron chi connectivity index (χ4n) is 2.12. The summed E-state index contributed by atoms with van der Waals surface area (Å²) in [4.78, 5) is 12.1. The van der Waals surface area contributed by atoms with Crippen molar-refractivity contribution in [1.29, 1.82) is 0 Å². The summed E-state index contributed by atoms with van der Waals surface area (Å²) in [6, 6.07) is 10.7. The Balaban J connectivity index is 2.33. The highest BCUT2D eigenvalue weighted by molar-refractivity contribution is 5.56. The van der Waals surface area contributed by atoms with Crippen molar-refractivity contribution >= 4 is 17.1 Å². The summed E-state index contributed by atoms with van der Waals surface area (Å²) < 4.78 is 13.9. The monoisotopic (exact) mass is 289 g/mol. The van der Waals surface area contributed by atoms with Gasteiger partial charge in [0, 0.05) is 36.5 Å². The molecular formula is C15H16FN3O2. The highest BCUT2D eigenvalue weighted by Crippen LogP contribution is 2.25. The number of hydrogen-bond acceptors (Lipinski definition) is 4. The molecule has 0 atom stereocenters. The van der Waals surface area contributed by atoms with Gasteiger partial charge in [0.05, 0.1) is 10.6 Å². The van der Waals surface area contributed by atoms with E-state index in [1.165, 1.54) is 24.3 Å². The fraction of sp³-hybridized carbons (Fsp3) is 0.200. The molecule has 0 spiro atoms. The Hall–Kier alpha value is -2.63. The van der Waals surface area contributed by atoms with Gasteiger partial charge in [-0.2, -0.15) is 0 Å². The predicted molar refractivity (Wildman–Crippen MR) is 80.6 cm³/mol. The molecular weight excluding hydrogens is 273 g/mol. The Labute approximate surface area is 122 Å². The molecule has 0 aliphatic rings. The Kier molecular flexibility index (Phi) is 4.37. The second-order valence-electron chi connectivity index (χ2n) is 4.61. The van der Waals surface area contributed by atoms with Crippen LogP contribution in [0.25, 0.3) is 0 Å². The zero-order chi connectivity index (χ0) is 15.4. The molecule has 0 aromatic heterocycles. The average molecular weight is 289 g/mol. The second kappa shape index (κ2) is 6.21. The zero-order valence-electron chi connectivity index (χ0n) is 11.6. The molecule has 21 heavy (non-hydrogen) atoms. The lowest BCUT2D eigenvalue weighted by molar-refractivity contribution is -0.384. The van der Waals surface area contributed by atoms with Gasteiger partial charge in [-0.25, -0.2) is 4.39 Å². The van der Waals surface area contributed by atoms with Crippen LogP contribution in [0.3, 0.4) is 0 Å². The molecule has 6 heteroatoms. The van der Waals surface area contributed by atoms with Crippen LogP contribution in [-0.4, -0.2) is 11.5 Å². The number of non-ortho nitro benzene ring substituents is 1. The van der Waals surface area contributed by atoms with Crippen molar-refractivity contribution in [3.8, 4) is 0 Å². The maximum Gasteiger partial charge on any atom is 0.269 e. The molecule has 0 heterocycles. The van der Waals surface area contributed by atoms with Crippen molar-refractivity contribution in [1.82, 2.24) is 0 Å². The number of anilines is 2. The van der Waals surface area contributed by atoms with E-state index in [-0.39, 0.29) is 11.5 Å². The van der Waals surface area contributed by atoms with Crippen LogP contribution in [0.2, 0.25) is 0 Å². The lowest BCUT2D eigenvalue weighted by atomic mass is 10.1. The molecule has 0 aliphatic carbocycles. The number of nitro groups is 1. The molecule has 110 valence electrons. The summed E-state index contributed by atoms with van der Waals surface area (Å²) in [5, 5.41) is 10.8. The maximum absolute atomic E-state index is 13.9. The topological polar surface area (TPSA) is 72.4 Å². The summed E-state index contributed by atoms with van der Waals surface area (Å²) in [5.74, 6) is -0.330. The first-order valence-corrected chi connectivity index (χ1v) is 6.55. The van der Waals surface area contributed by atoms with Gasteiger partial charge in [0.1, 0.15) is 5.82 Å². The van der Waals surface area contributed by atoms with Crippen LogP contribution in [-0.2, 0) is 6.54 Å². The molecule has 0 fully saturated rings. The third-order valence-electron chi connectivity index (χ3n) is 3.27. The molecule has 2 aromatic carbocycles. The standard InChI is InChI=1S/C15H16FN3O2/c1-2-18(15-6-4-3-5-13(15)16)10-11-9-12(19(20)21)7-8-14(11)17/h3-9H,2,10,17H2,1H3. The summed E-state index contributed by atoms with van der Waals surface area (Å²) in [6.07, 6.45) is 0. The van der Waals surface area contributed by atoms with Crippen LogP contribution in [0.1, 0.15) is 12.5 Å². The van der Waals surface area contributed by atoms with Gasteiger partial charge in [0.15, 0.2) is 0 Å². The van der Waals surface area contributed by atoms with Crippen LogP contribution < -0.4 is 10.6 Å². The highest BCUT2D eigenvalue weighted by Gasteiger charge is 2.14. The molecule has 0 unspecified atom stereocenters. The van der Waals surface area contributed by atoms with Gasteiger partial charge in [-0.1, -0.05) is 12.1 Å². The van der Waals surface area contributed by atoms with Crippen molar-refractivity contribution in [2.75, 3.05) is 17.2 Å². The van der Waals surface area contributed by atoms with Gasteiger partial charge in [-0.15, -0.1) is 0 Å². The smallest absolute Gasteiger partial charge is 0.269 e. The van der Waals surface area contributed by atoms with Crippen LogP contribution >= 0.6 is 0 Å². The summed E-state index contributed by atoms with van der Waals surface area (Å²) >= 11 is 0. The molecule has 0 bridgehead atoms. The van der Waals surface area contributed by atoms with Crippen molar-refractivity contribution in [3.63, 3.8) is 0 Å². The van der Waals surface area contributed by atoms with E-state index >= 15 is 0 Å². The van der Waals surface area contributed by atoms with Crippen molar-refractivity contribution in [3.05, 3.63) is 64.0 Å². The van der Waals surface area contributed by atoms with E-state index in [2.05, 4.69) is 0 Å². The lowest BCUT2D eigenvalue weighted by Crippen LogP contribution is -2.23. The number of rotatable bonds is 5. The van der Waals surface area contributed by atoms with E-state index in [0.717, 1.165) is 0 Å². The van der Waals surface area contributed by atoms with Gasteiger partial charge < -0.3 is 10.6 Å². The van der Waals surface area contributed by atoms with E-state index in [0.29, 0.717) is 30.0 Å². The molecule has 0 amide bonds. The van der Waals surface area contributed by atoms with E-state index in [9.17, 15) is 14.5 Å². The van der Waals surface area contributed by atoms with Crippen molar-refractivity contribution in [2.45, 2.75) is 13.5 Å². The zero-order valence-corrected chi connectivity index (χ0v) is 11.6. The lowest BCUT2D eigenvalue weighted by Gasteiger charge is -2.24. The fourth-order valence-corrected chi connectivity index (χ4v) is 2.12. The van der Waals surface area contributed by atoms with Gasteiger partial charge >= 0.3 is 0 Å². The SMILES string of the molecule is CCN(Cc1cc([N+](=O)[O-])ccc1N)c1ccccc1F. The van der Waals surface area contributed by atoms with E-state index in [4.69, 9.17) is 5.73 Å². The highest BCUT2D eigenvalue weighted by atomic mass is 19.1. The summed E-state index contributed by atoms with van der Waals surface area (Å²) in [6.45, 7) is 2.76. The number of hydrogen-bond donors (Lipinski definition) is 1. The Morgan fingerprint density at radius 1 is 1.29 bits per heavy atom. The first-order valence-electron chi connectivity index (χ1n) is 6.55. The Bertz CT molecular complexity index is 661. The molecule has 5 nitrogen and oxygen atoms in total. The average Bonchev–Trinajstić information content (AvgIpc) is 2.47. The minimum absolute atomic E-state index is 0.0243. The summed E-state index contributed by atoms with van der Waals surface area (Å²) in [5.41, 5.74) is 7.35. The van der Waals surface area contributed by atoms with Gasteiger partial charge in [0.25, 0.3) is 5.69 Å². The molecule has 2 aromatic rings. The number of para-hydroxylation sites is 1. The normalized spacial score (nSPS) is 10.4. The van der Waals surface area contributed by atoms with Crippen LogP contribution in [0, 0.1) is 15.9 Å². The molecule has 2 rings (SSSR count). The molecule has 2 N–H and O–H groups in total. The number of nitrogen functional groups attached to an aromatic ring is 1. The minimum Gasteiger partial charge on any atom is -0.398 e. The van der Waals surface area contributed by atoms with Gasteiger partial charge in [-0.3, -0.25) is 10.1 Å².